The van der Waals surface area contributed by atoms with Crippen molar-refractivity contribution in [1.82, 2.24) is 14.7 Å². The van der Waals surface area contributed by atoms with E-state index in [2.05, 4.69) is 10.4 Å². The number of hydrogen-bond donors (Lipinski definition) is 1. The molecule has 1 atom stereocenters. The molecule has 182 valence electrons. The lowest BCUT2D eigenvalue weighted by molar-refractivity contribution is -0.137. The molecule has 1 N–H and O–H groups in total. The fraction of sp³-hybridized carbons (Fsp3) is 0.280. The summed E-state index contributed by atoms with van der Waals surface area (Å²) in [6.07, 6.45) is -3.41. The largest absolute Gasteiger partial charge is 0.416 e. The predicted octanol–water partition coefficient (Wildman–Crippen LogP) is 4.05. The summed E-state index contributed by atoms with van der Waals surface area (Å²) < 4.78 is 40.6. The van der Waals surface area contributed by atoms with Crippen LogP contribution < -0.4 is 10.7 Å². The Balaban J connectivity index is 1.57. The van der Waals surface area contributed by atoms with Crippen LogP contribution in [0.25, 0.3) is 5.69 Å². The number of benzene rings is 2. The minimum absolute atomic E-state index is 0.0742. The Bertz CT molecular complexity index is 1310. The van der Waals surface area contributed by atoms with Gasteiger partial charge in [-0.25, -0.2) is 4.68 Å². The van der Waals surface area contributed by atoms with Crippen molar-refractivity contribution in [2.45, 2.75) is 25.9 Å². The fourth-order valence-corrected chi connectivity index (χ4v) is 4.06. The molecular formula is C25H23F3N4O3. The Labute approximate surface area is 199 Å². The average molecular weight is 484 g/mol. The first-order valence-corrected chi connectivity index (χ1v) is 11.1. The van der Waals surface area contributed by atoms with Crippen molar-refractivity contribution >= 4 is 17.5 Å². The number of hydrogen-bond acceptors (Lipinski definition) is 4. The van der Waals surface area contributed by atoms with Crippen molar-refractivity contribution in [2.24, 2.45) is 5.92 Å². The second-order valence-corrected chi connectivity index (χ2v) is 8.40. The molecule has 1 saturated heterocycles. The van der Waals surface area contributed by atoms with Crippen molar-refractivity contribution in [3.05, 3.63) is 87.8 Å². The predicted molar refractivity (Wildman–Crippen MR) is 123 cm³/mol. The van der Waals surface area contributed by atoms with Crippen molar-refractivity contribution < 1.29 is 22.8 Å². The number of carbonyl (C=O) groups is 2. The number of aromatic nitrogens is 2. The molecule has 2 heterocycles. The average Bonchev–Trinajstić information content (AvgIpc) is 2.84. The van der Waals surface area contributed by atoms with Gasteiger partial charge in [-0.2, -0.15) is 18.3 Å². The minimum atomic E-state index is -4.55. The molecule has 1 aliphatic rings. The number of nitrogens with one attached hydrogen (secondary N) is 1. The first kappa shape index (κ1) is 24.2. The zero-order chi connectivity index (χ0) is 25.2. The number of carbonyl (C=O) groups excluding carboxylic acids is 2. The van der Waals surface area contributed by atoms with E-state index >= 15 is 0 Å². The van der Waals surface area contributed by atoms with Crippen LogP contribution in [0.1, 0.15) is 34.6 Å². The lowest BCUT2D eigenvalue weighted by atomic mass is 9.96. The Morgan fingerprint density at radius 2 is 1.80 bits per heavy atom. The van der Waals surface area contributed by atoms with Crippen molar-refractivity contribution in [3.63, 3.8) is 0 Å². The summed E-state index contributed by atoms with van der Waals surface area (Å²) in [7, 11) is 0. The molecule has 4 rings (SSSR count). The van der Waals surface area contributed by atoms with Crippen LogP contribution in [0.3, 0.4) is 0 Å². The lowest BCUT2D eigenvalue weighted by Gasteiger charge is -2.31. The van der Waals surface area contributed by atoms with Gasteiger partial charge in [-0.3, -0.25) is 14.4 Å². The number of likely N-dealkylation sites (tertiary alicyclic amines) is 1. The van der Waals surface area contributed by atoms with Gasteiger partial charge in [-0.05, 0) is 50.1 Å². The molecule has 10 heteroatoms. The van der Waals surface area contributed by atoms with Gasteiger partial charge in [0, 0.05) is 30.5 Å². The van der Waals surface area contributed by atoms with E-state index in [4.69, 9.17) is 0 Å². The number of nitrogens with zero attached hydrogens (tertiary/aromatic N) is 3. The lowest BCUT2D eigenvalue weighted by Crippen LogP contribution is -2.45. The smallest absolute Gasteiger partial charge is 0.336 e. The first-order valence-electron chi connectivity index (χ1n) is 11.1. The summed E-state index contributed by atoms with van der Waals surface area (Å²) in [5, 5.41) is 6.95. The van der Waals surface area contributed by atoms with Crippen molar-refractivity contribution in [2.75, 3.05) is 18.4 Å². The summed E-state index contributed by atoms with van der Waals surface area (Å²) in [6.45, 7) is 1.97. The second-order valence-electron chi connectivity index (χ2n) is 8.40. The highest BCUT2D eigenvalue weighted by atomic mass is 19.4. The molecule has 1 aromatic heterocycles. The zero-order valence-electron chi connectivity index (χ0n) is 18.9. The number of alkyl halides is 3. The summed E-state index contributed by atoms with van der Waals surface area (Å²) in [5.74, 6) is -1.36. The highest BCUT2D eigenvalue weighted by Crippen LogP contribution is 2.30. The molecule has 0 bridgehead atoms. The standard InChI is InChI=1S/C25H23F3N4O3/c1-16-13-21(33)22(30-32(16)20-11-5-8-18(14-20)25(26,27)28)24(35)31-12-6-7-17(15-31)23(34)29-19-9-3-2-4-10-19/h2-5,8-11,13-14,17H,6-7,12,15H2,1H3,(H,29,34). The van der Waals surface area contributed by atoms with Gasteiger partial charge in [0.25, 0.3) is 5.91 Å². The molecule has 2 aromatic carbocycles. The van der Waals surface area contributed by atoms with Gasteiger partial charge in [-0.1, -0.05) is 24.3 Å². The van der Waals surface area contributed by atoms with E-state index < -0.39 is 34.7 Å². The number of piperidine rings is 1. The van der Waals surface area contributed by atoms with Gasteiger partial charge < -0.3 is 10.2 Å². The summed E-state index contributed by atoms with van der Waals surface area (Å²) in [4.78, 5) is 39.9. The monoisotopic (exact) mass is 484 g/mol. The first-order chi connectivity index (χ1) is 16.6. The molecule has 7 nitrogen and oxygen atoms in total. The number of anilines is 1. The molecule has 0 spiro atoms. The number of amides is 2. The molecule has 0 saturated carbocycles. The van der Waals surface area contributed by atoms with E-state index in [1.165, 1.54) is 30.0 Å². The Morgan fingerprint density at radius 3 is 2.51 bits per heavy atom. The van der Waals surface area contributed by atoms with E-state index in [1.807, 2.05) is 6.07 Å². The Kier molecular flexibility index (Phi) is 6.72. The van der Waals surface area contributed by atoms with Crippen molar-refractivity contribution in [3.8, 4) is 5.69 Å². The summed E-state index contributed by atoms with van der Waals surface area (Å²) >= 11 is 0. The highest BCUT2D eigenvalue weighted by Gasteiger charge is 2.32. The van der Waals surface area contributed by atoms with Gasteiger partial charge in [0.05, 0.1) is 17.2 Å². The van der Waals surface area contributed by atoms with Crippen LogP contribution in [0.5, 0.6) is 0 Å². The van der Waals surface area contributed by atoms with Crippen LogP contribution in [0.4, 0.5) is 18.9 Å². The molecule has 0 aliphatic carbocycles. The number of rotatable bonds is 4. The SMILES string of the molecule is Cc1cc(=O)c(C(=O)N2CCCC(C(=O)Nc3ccccc3)C2)nn1-c1cccc(C(F)(F)F)c1. The van der Waals surface area contributed by atoms with Crippen LogP contribution >= 0.6 is 0 Å². The van der Waals surface area contributed by atoms with E-state index in [-0.39, 0.29) is 23.8 Å². The van der Waals surface area contributed by atoms with Crippen LogP contribution in [-0.2, 0) is 11.0 Å². The third-order valence-electron chi connectivity index (χ3n) is 5.85. The molecule has 35 heavy (non-hydrogen) atoms. The van der Waals surface area contributed by atoms with Gasteiger partial charge in [0.15, 0.2) is 5.69 Å². The van der Waals surface area contributed by atoms with E-state index in [0.29, 0.717) is 25.1 Å². The maximum atomic E-state index is 13.2. The Morgan fingerprint density at radius 1 is 1.06 bits per heavy atom. The molecule has 3 aromatic rings. The number of para-hydroxylation sites is 1. The van der Waals surface area contributed by atoms with Crippen LogP contribution in [-0.4, -0.2) is 39.6 Å². The third-order valence-corrected chi connectivity index (χ3v) is 5.85. The molecule has 1 aliphatic heterocycles. The molecule has 0 radical (unpaired) electrons. The quantitative estimate of drug-likeness (QED) is 0.606. The van der Waals surface area contributed by atoms with E-state index in [9.17, 15) is 27.6 Å². The van der Waals surface area contributed by atoms with Gasteiger partial charge in [0.1, 0.15) is 0 Å². The highest BCUT2D eigenvalue weighted by molar-refractivity contribution is 5.95. The van der Waals surface area contributed by atoms with E-state index in [1.54, 1.807) is 24.3 Å². The zero-order valence-corrected chi connectivity index (χ0v) is 18.9. The third kappa shape index (κ3) is 5.42. The topological polar surface area (TPSA) is 84.3 Å². The number of aryl methyl sites for hydroxylation is 1. The van der Waals surface area contributed by atoms with Crippen LogP contribution in [0.15, 0.2) is 65.5 Å². The molecular weight excluding hydrogens is 461 g/mol. The van der Waals surface area contributed by atoms with E-state index in [0.717, 1.165) is 16.8 Å². The maximum absolute atomic E-state index is 13.2. The maximum Gasteiger partial charge on any atom is 0.416 e. The van der Waals surface area contributed by atoms with Crippen LogP contribution in [0, 0.1) is 12.8 Å². The Hall–Kier alpha value is -3.95. The summed E-state index contributed by atoms with van der Waals surface area (Å²) in [6, 6.07) is 14.6. The molecule has 2 amide bonds. The van der Waals surface area contributed by atoms with Crippen molar-refractivity contribution in [1.29, 1.82) is 0 Å². The number of halogens is 3. The van der Waals surface area contributed by atoms with Crippen LogP contribution in [0.2, 0.25) is 0 Å². The van der Waals surface area contributed by atoms with Gasteiger partial charge >= 0.3 is 6.18 Å². The fourth-order valence-electron chi connectivity index (χ4n) is 4.06. The molecule has 1 fully saturated rings. The minimum Gasteiger partial charge on any atom is -0.336 e. The summed E-state index contributed by atoms with van der Waals surface area (Å²) in [5.41, 5.74) is -0.908. The second kappa shape index (κ2) is 9.73. The normalized spacial score (nSPS) is 16.1. The van der Waals surface area contributed by atoms with Gasteiger partial charge in [-0.15, -0.1) is 0 Å². The molecule has 1 unspecified atom stereocenters. The van der Waals surface area contributed by atoms with Gasteiger partial charge in [0.2, 0.25) is 11.3 Å².